The van der Waals surface area contributed by atoms with Crippen LogP contribution in [0.1, 0.15) is 31.9 Å². The van der Waals surface area contributed by atoms with E-state index in [1.807, 2.05) is 0 Å². The van der Waals surface area contributed by atoms with E-state index in [-0.39, 0.29) is 17.8 Å². The smallest absolute Gasteiger partial charge is 0.256 e. The van der Waals surface area contributed by atoms with Crippen molar-refractivity contribution in [3.8, 4) is 0 Å². The highest BCUT2D eigenvalue weighted by atomic mass is 32.1. The Bertz CT molecular complexity index is 934. The van der Waals surface area contributed by atoms with Crippen molar-refractivity contribution < 1.29 is 24.4 Å². The highest BCUT2D eigenvalue weighted by Crippen LogP contribution is 2.32. The molecule has 5 atom stereocenters. The lowest BCUT2D eigenvalue weighted by Gasteiger charge is -2.27. The molecular formula is C19H26N6O5S. The Morgan fingerprint density at radius 3 is 2.81 bits per heavy atom. The number of hydrogen-bond acceptors (Lipinski definition) is 10. The molecule has 168 valence electrons. The largest absolute Gasteiger partial charge is 0.468 e. The minimum absolute atomic E-state index is 0.0311. The third kappa shape index (κ3) is 4.17. The number of anilines is 1. The second kappa shape index (κ2) is 8.79. The molecule has 0 spiro atoms. The number of aromatic nitrogens is 4. The number of thiocarbonyl (C=S) groups is 1. The van der Waals surface area contributed by atoms with Gasteiger partial charge in [-0.3, -0.25) is 4.57 Å². The summed E-state index contributed by atoms with van der Waals surface area (Å²) >= 11 is 5.20. The average Bonchev–Trinajstić information content (AvgIpc) is 3.45. The first kappa shape index (κ1) is 20.8. The highest BCUT2D eigenvalue weighted by molar-refractivity contribution is 7.80. The van der Waals surface area contributed by atoms with Gasteiger partial charge in [-0.05, 0) is 37.9 Å². The zero-order valence-corrected chi connectivity index (χ0v) is 17.7. The molecule has 4 heterocycles. The van der Waals surface area contributed by atoms with Crippen molar-refractivity contribution in [1.29, 1.82) is 0 Å². The Morgan fingerprint density at radius 2 is 2.06 bits per heavy atom. The van der Waals surface area contributed by atoms with Crippen molar-refractivity contribution in [3.63, 3.8) is 0 Å². The minimum atomic E-state index is -1.17. The van der Waals surface area contributed by atoms with E-state index in [0.717, 1.165) is 19.3 Å². The Kier molecular flexibility index (Phi) is 5.89. The van der Waals surface area contributed by atoms with Crippen LogP contribution < -0.4 is 10.6 Å². The molecule has 0 amide bonds. The first-order chi connectivity index (χ1) is 15.1. The summed E-state index contributed by atoms with van der Waals surface area (Å²) in [6.45, 7) is 1.36. The maximum atomic E-state index is 10.6. The van der Waals surface area contributed by atoms with Gasteiger partial charge in [-0.1, -0.05) is 0 Å². The number of imidazole rings is 1. The summed E-state index contributed by atoms with van der Waals surface area (Å²) < 4.78 is 18.5. The fraction of sp³-hybridized carbons (Fsp3) is 0.684. The number of ether oxygens (including phenoxy) is 3. The van der Waals surface area contributed by atoms with E-state index in [9.17, 15) is 10.2 Å². The lowest BCUT2D eigenvalue weighted by Crippen LogP contribution is -2.41. The van der Waals surface area contributed by atoms with Crippen LogP contribution in [-0.2, 0) is 14.2 Å². The second-order valence-electron chi connectivity index (χ2n) is 8.17. The first-order valence-electron chi connectivity index (χ1n) is 10.6. The fourth-order valence-corrected chi connectivity index (χ4v) is 4.24. The summed E-state index contributed by atoms with van der Waals surface area (Å²) in [5.74, 6) is 0.597. The highest BCUT2D eigenvalue weighted by Gasteiger charge is 2.45. The van der Waals surface area contributed by atoms with Gasteiger partial charge in [-0.15, -0.1) is 0 Å². The van der Waals surface area contributed by atoms with Gasteiger partial charge in [-0.2, -0.15) is 0 Å². The maximum absolute atomic E-state index is 10.6. The first-order valence-corrected chi connectivity index (χ1v) is 11.0. The van der Waals surface area contributed by atoms with E-state index >= 15 is 0 Å². The predicted molar refractivity (Wildman–Crippen MR) is 113 cm³/mol. The van der Waals surface area contributed by atoms with Crippen LogP contribution in [0.15, 0.2) is 12.7 Å². The van der Waals surface area contributed by atoms with Gasteiger partial charge in [0.25, 0.3) is 5.17 Å². The summed E-state index contributed by atoms with van der Waals surface area (Å²) in [4.78, 5) is 13.0. The van der Waals surface area contributed by atoms with Gasteiger partial charge in [0.15, 0.2) is 23.2 Å². The van der Waals surface area contributed by atoms with Crippen LogP contribution >= 0.6 is 12.2 Å². The lowest BCUT2D eigenvalue weighted by atomic mass is 9.93. The van der Waals surface area contributed by atoms with Crippen molar-refractivity contribution in [2.45, 2.75) is 62.3 Å². The van der Waals surface area contributed by atoms with Crippen LogP contribution in [-0.4, -0.2) is 85.1 Å². The number of fused-ring (bicyclic) bond motifs is 1. The molecule has 2 aliphatic heterocycles. The third-order valence-corrected chi connectivity index (χ3v) is 6.28. The molecule has 2 aromatic heterocycles. The molecule has 12 heteroatoms. The Labute approximate surface area is 184 Å². The number of nitrogens with zero attached hydrogens (tertiary/aromatic N) is 4. The van der Waals surface area contributed by atoms with Gasteiger partial charge in [0, 0.05) is 12.6 Å². The molecule has 1 aliphatic carbocycles. The van der Waals surface area contributed by atoms with Gasteiger partial charge in [0.05, 0.1) is 19.0 Å². The molecule has 31 heavy (non-hydrogen) atoms. The molecule has 0 aromatic carbocycles. The standard InChI is InChI=1S/C19H26N6O5S/c26-14-12(7-29-19(31)24-10-2-1-3-10)30-18(15(14)27)25-9-22-13-16(20-8-21-17(13)25)23-11-4-5-28-6-11/h8-12,14-15,18,26-27H,1-7H2,(H,24,31)(H,20,21,23)/t11-,12-,14-,15-,18?/m1/s1. The van der Waals surface area contributed by atoms with Gasteiger partial charge < -0.3 is 35.1 Å². The van der Waals surface area contributed by atoms with Gasteiger partial charge in [0.2, 0.25) is 0 Å². The van der Waals surface area contributed by atoms with E-state index in [2.05, 4.69) is 25.6 Å². The lowest BCUT2D eigenvalue weighted by molar-refractivity contribution is -0.0492. The molecule has 3 aliphatic rings. The van der Waals surface area contributed by atoms with E-state index in [4.69, 9.17) is 26.4 Å². The van der Waals surface area contributed by atoms with Crippen molar-refractivity contribution in [1.82, 2.24) is 24.8 Å². The van der Waals surface area contributed by atoms with Gasteiger partial charge in [-0.25, -0.2) is 15.0 Å². The average molecular weight is 451 g/mol. The number of rotatable bonds is 6. The third-order valence-electron chi connectivity index (χ3n) is 6.05. The van der Waals surface area contributed by atoms with Crippen LogP contribution in [0.2, 0.25) is 0 Å². The summed E-state index contributed by atoms with van der Waals surface area (Å²) in [6.07, 6.45) is 3.28. The van der Waals surface area contributed by atoms with E-state index in [1.54, 1.807) is 4.57 Å². The molecule has 3 fully saturated rings. The van der Waals surface area contributed by atoms with Gasteiger partial charge in [0.1, 0.15) is 31.2 Å². The summed E-state index contributed by atoms with van der Waals surface area (Å²) in [7, 11) is 0. The Hall–Kier alpha value is -2.12. The van der Waals surface area contributed by atoms with Crippen LogP contribution in [0, 0.1) is 0 Å². The molecular weight excluding hydrogens is 424 g/mol. The molecule has 1 unspecified atom stereocenters. The topological polar surface area (TPSA) is 136 Å². The summed E-state index contributed by atoms with van der Waals surface area (Å²) in [6, 6.07) is 0.521. The monoisotopic (exact) mass is 450 g/mol. The summed E-state index contributed by atoms with van der Waals surface area (Å²) in [5, 5.41) is 27.8. The molecule has 0 bridgehead atoms. The summed E-state index contributed by atoms with van der Waals surface area (Å²) in [5.41, 5.74) is 1.06. The van der Waals surface area contributed by atoms with Crippen LogP contribution in [0.4, 0.5) is 5.82 Å². The van der Waals surface area contributed by atoms with Crippen molar-refractivity contribution in [3.05, 3.63) is 12.7 Å². The molecule has 2 aromatic rings. The van der Waals surface area contributed by atoms with E-state index < -0.39 is 24.5 Å². The number of aliphatic hydroxyl groups is 2. The molecule has 11 nitrogen and oxygen atoms in total. The van der Waals surface area contributed by atoms with Crippen molar-refractivity contribution in [2.75, 3.05) is 25.1 Å². The second-order valence-corrected chi connectivity index (χ2v) is 8.54. The van der Waals surface area contributed by atoms with Crippen LogP contribution in [0.5, 0.6) is 0 Å². The predicted octanol–water partition coefficient (Wildman–Crippen LogP) is 0.0899. The SMILES string of the molecule is O[C@@H]1[C@@H](COC(=S)NC2CCC2)OC(n2cnc3c(N[C@@H]4CCOC4)ncnc32)[C@@H]1O. The molecule has 5 rings (SSSR count). The molecule has 0 radical (unpaired) electrons. The maximum Gasteiger partial charge on any atom is 0.256 e. The normalized spacial score (nSPS) is 31.0. The number of nitrogens with one attached hydrogen (secondary N) is 2. The zero-order valence-electron chi connectivity index (χ0n) is 16.9. The van der Waals surface area contributed by atoms with Crippen molar-refractivity contribution >= 4 is 34.4 Å². The van der Waals surface area contributed by atoms with Gasteiger partial charge >= 0.3 is 0 Å². The number of hydrogen-bond donors (Lipinski definition) is 4. The van der Waals surface area contributed by atoms with E-state index in [0.29, 0.717) is 36.2 Å². The zero-order chi connectivity index (χ0) is 21.4. The van der Waals surface area contributed by atoms with Crippen LogP contribution in [0.3, 0.4) is 0 Å². The number of aliphatic hydroxyl groups excluding tert-OH is 2. The van der Waals surface area contributed by atoms with E-state index in [1.165, 1.54) is 19.1 Å². The van der Waals surface area contributed by atoms with Crippen molar-refractivity contribution in [2.24, 2.45) is 0 Å². The molecule has 4 N–H and O–H groups in total. The quantitative estimate of drug-likeness (QED) is 0.446. The molecule has 1 saturated carbocycles. The van der Waals surface area contributed by atoms with Crippen LogP contribution in [0.25, 0.3) is 11.2 Å². The fourth-order valence-electron chi connectivity index (χ4n) is 4.00. The Balaban J connectivity index is 1.27. The Morgan fingerprint density at radius 1 is 1.19 bits per heavy atom. The minimum Gasteiger partial charge on any atom is -0.468 e. The molecule has 2 saturated heterocycles.